The molecule has 0 radical (unpaired) electrons. The van der Waals surface area contributed by atoms with Crippen molar-refractivity contribution in [1.29, 1.82) is 5.26 Å². The smallest absolute Gasteiger partial charge is 0.338 e. The molecule has 0 atom stereocenters. The molecule has 0 aliphatic carbocycles. The van der Waals surface area contributed by atoms with Crippen LogP contribution in [-0.2, 0) is 16.1 Å². The number of hydrogen-bond donors (Lipinski definition) is 1. The van der Waals surface area contributed by atoms with Crippen LogP contribution in [0.4, 0.5) is 10.1 Å². The standard InChI is InChI=1S/C26H20ClFN2O4/c1-2-33-26(32)19-6-10-22(11-7-19)30-25(31)20(15-29)13-18-5-12-24(23(27)14-18)34-16-17-3-8-21(28)9-4-17/h3-14H,2,16H2,1H3,(H,30,31)/b20-13+. The second kappa shape index (κ2) is 11.6. The molecule has 172 valence electrons. The van der Waals surface area contributed by atoms with Crippen molar-refractivity contribution in [3.05, 3.63) is 99.8 Å². The van der Waals surface area contributed by atoms with E-state index < -0.39 is 11.9 Å². The Morgan fingerprint density at radius 1 is 1.09 bits per heavy atom. The van der Waals surface area contributed by atoms with Crippen molar-refractivity contribution in [2.24, 2.45) is 0 Å². The lowest BCUT2D eigenvalue weighted by Gasteiger charge is -2.09. The fourth-order valence-electron chi connectivity index (χ4n) is 2.88. The normalized spacial score (nSPS) is 10.8. The van der Waals surface area contributed by atoms with E-state index in [2.05, 4.69) is 5.32 Å². The van der Waals surface area contributed by atoms with Crippen molar-refractivity contribution in [3.63, 3.8) is 0 Å². The number of carbonyl (C=O) groups excluding carboxylic acids is 2. The molecule has 8 heteroatoms. The van der Waals surface area contributed by atoms with Crippen molar-refractivity contribution in [2.75, 3.05) is 11.9 Å². The maximum atomic E-state index is 13.0. The average Bonchev–Trinajstić information content (AvgIpc) is 2.83. The van der Waals surface area contributed by atoms with Gasteiger partial charge in [0.2, 0.25) is 0 Å². The number of esters is 1. The monoisotopic (exact) mass is 478 g/mol. The summed E-state index contributed by atoms with van der Waals surface area (Å²) < 4.78 is 23.6. The number of ether oxygens (including phenoxy) is 2. The van der Waals surface area contributed by atoms with Crippen LogP contribution in [0.3, 0.4) is 0 Å². The van der Waals surface area contributed by atoms with Gasteiger partial charge in [0, 0.05) is 5.69 Å². The summed E-state index contributed by atoms with van der Waals surface area (Å²) >= 11 is 6.28. The van der Waals surface area contributed by atoms with E-state index in [1.165, 1.54) is 30.3 Å². The van der Waals surface area contributed by atoms with E-state index in [9.17, 15) is 19.2 Å². The zero-order chi connectivity index (χ0) is 24.5. The number of nitriles is 1. The number of benzene rings is 3. The van der Waals surface area contributed by atoms with E-state index in [-0.39, 0.29) is 24.6 Å². The van der Waals surface area contributed by atoms with Crippen molar-refractivity contribution in [1.82, 2.24) is 0 Å². The molecule has 0 aliphatic rings. The highest BCUT2D eigenvalue weighted by atomic mass is 35.5. The van der Waals surface area contributed by atoms with E-state index in [4.69, 9.17) is 21.1 Å². The summed E-state index contributed by atoms with van der Waals surface area (Å²) in [5, 5.41) is 12.3. The molecule has 6 nitrogen and oxygen atoms in total. The van der Waals surface area contributed by atoms with Gasteiger partial charge in [0.15, 0.2) is 0 Å². The Bertz CT molecular complexity index is 1250. The Balaban J connectivity index is 1.66. The van der Waals surface area contributed by atoms with Gasteiger partial charge in [-0.3, -0.25) is 4.79 Å². The van der Waals surface area contributed by atoms with Crippen LogP contribution < -0.4 is 10.1 Å². The highest BCUT2D eigenvalue weighted by Crippen LogP contribution is 2.27. The van der Waals surface area contributed by atoms with Crippen LogP contribution in [0.5, 0.6) is 5.75 Å². The lowest BCUT2D eigenvalue weighted by Crippen LogP contribution is -2.13. The van der Waals surface area contributed by atoms with Crippen molar-refractivity contribution < 1.29 is 23.5 Å². The van der Waals surface area contributed by atoms with Crippen LogP contribution in [0.1, 0.15) is 28.4 Å². The van der Waals surface area contributed by atoms with E-state index in [0.717, 1.165) is 5.56 Å². The van der Waals surface area contributed by atoms with Crippen LogP contribution in [0.2, 0.25) is 5.02 Å². The molecular formula is C26H20ClFN2O4. The van der Waals surface area contributed by atoms with Gasteiger partial charge in [0.1, 0.15) is 29.8 Å². The van der Waals surface area contributed by atoms with Gasteiger partial charge < -0.3 is 14.8 Å². The maximum Gasteiger partial charge on any atom is 0.338 e. The quantitative estimate of drug-likeness (QED) is 0.252. The molecule has 0 saturated heterocycles. The second-order valence-electron chi connectivity index (χ2n) is 7.03. The van der Waals surface area contributed by atoms with Crippen molar-refractivity contribution >= 4 is 35.2 Å². The predicted molar refractivity (Wildman–Crippen MR) is 127 cm³/mol. The summed E-state index contributed by atoms with van der Waals surface area (Å²) in [5.74, 6) is -0.990. The first-order valence-electron chi connectivity index (χ1n) is 10.3. The summed E-state index contributed by atoms with van der Waals surface area (Å²) in [4.78, 5) is 24.2. The third-order valence-corrected chi connectivity index (χ3v) is 4.89. The first-order chi connectivity index (χ1) is 16.4. The molecule has 0 aliphatic heterocycles. The molecule has 0 unspecified atom stereocenters. The van der Waals surface area contributed by atoms with Crippen molar-refractivity contribution in [3.8, 4) is 11.8 Å². The number of nitrogens with one attached hydrogen (secondary N) is 1. The third-order valence-electron chi connectivity index (χ3n) is 4.59. The maximum absolute atomic E-state index is 13.0. The average molecular weight is 479 g/mol. The first kappa shape index (κ1) is 24.5. The molecule has 3 aromatic carbocycles. The Hall–Kier alpha value is -4.15. The minimum atomic E-state index is -0.612. The molecule has 1 N–H and O–H groups in total. The molecule has 3 aromatic rings. The summed E-state index contributed by atoms with van der Waals surface area (Å²) in [7, 11) is 0. The van der Waals surface area contributed by atoms with Crippen molar-refractivity contribution in [2.45, 2.75) is 13.5 Å². The topological polar surface area (TPSA) is 88.4 Å². The predicted octanol–water partition coefficient (Wildman–Crippen LogP) is 5.78. The third kappa shape index (κ3) is 6.67. The number of amides is 1. The highest BCUT2D eigenvalue weighted by Gasteiger charge is 2.12. The lowest BCUT2D eigenvalue weighted by molar-refractivity contribution is -0.112. The minimum Gasteiger partial charge on any atom is -0.487 e. The molecule has 0 saturated carbocycles. The number of hydrogen-bond acceptors (Lipinski definition) is 5. The summed E-state index contributed by atoms with van der Waals surface area (Å²) in [6.45, 7) is 2.18. The van der Waals surface area contributed by atoms with Gasteiger partial charge in [-0.1, -0.05) is 29.8 Å². The van der Waals surface area contributed by atoms with Gasteiger partial charge in [-0.15, -0.1) is 0 Å². The van der Waals surface area contributed by atoms with Gasteiger partial charge >= 0.3 is 5.97 Å². The van der Waals surface area contributed by atoms with Gasteiger partial charge in [-0.05, 0) is 72.7 Å². The Morgan fingerprint density at radius 3 is 2.41 bits per heavy atom. The molecule has 0 heterocycles. The first-order valence-corrected chi connectivity index (χ1v) is 10.6. The van der Waals surface area contributed by atoms with Crippen LogP contribution in [0, 0.1) is 17.1 Å². The fourth-order valence-corrected chi connectivity index (χ4v) is 3.13. The molecule has 0 spiro atoms. The minimum absolute atomic E-state index is 0.134. The summed E-state index contributed by atoms with van der Waals surface area (Å²) in [6.07, 6.45) is 1.40. The summed E-state index contributed by atoms with van der Waals surface area (Å²) in [5.41, 5.74) is 1.95. The summed E-state index contributed by atoms with van der Waals surface area (Å²) in [6, 6.07) is 18.8. The van der Waals surface area contributed by atoms with Crippen LogP contribution >= 0.6 is 11.6 Å². The van der Waals surface area contributed by atoms with Gasteiger partial charge in [-0.25, -0.2) is 9.18 Å². The zero-order valence-electron chi connectivity index (χ0n) is 18.2. The van der Waals surface area contributed by atoms with Crippen LogP contribution in [-0.4, -0.2) is 18.5 Å². The fraction of sp³-hybridized carbons (Fsp3) is 0.115. The van der Waals surface area contributed by atoms with E-state index in [1.54, 1.807) is 49.4 Å². The van der Waals surface area contributed by atoms with E-state index in [0.29, 0.717) is 27.6 Å². The SMILES string of the molecule is CCOC(=O)c1ccc(NC(=O)/C(C#N)=C/c2ccc(OCc3ccc(F)cc3)c(Cl)c2)cc1. The number of nitrogens with zero attached hydrogens (tertiary/aromatic N) is 1. The Morgan fingerprint density at radius 2 is 1.79 bits per heavy atom. The second-order valence-corrected chi connectivity index (χ2v) is 7.43. The van der Waals surface area contributed by atoms with E-state index >= 15 is 0 Å². The molecule has 0 bridgehead atoms. The number of anilines is 1. The molecular weight excluding hydrogens is 459 g/mol. The zero-order valence-corrected chi connectivity index (χ0v) is 18.9. The largest absolute Gasteiger partial charge is 0.487 e. The molecule has 1 amide bonds. The van der Waals surface area contributed by atoms with Gasteiger partial charge in [0.25, 0.3) is 5.91 Å². The molecule has 34 heavy (non-hydrogen) atoms. The molecule has 3 rings (SSSR count). The van der Waals surface area contributed by atoms with Gasteiger partial charge in [-0.2, -0.15) is 5.26 Å². The Kier molecular flexibility index (Phi) is 8.38. The van der Waals surface area contributed by atoms with Crippen LogP contribution in [0.25, 0.3) is 6.08 Å². The van der Waals surface area contributed by atoms with E-state index in [1.807, 2.05) is 6.07 Å². The van der Waals surface area contributed by atoms with Crippen LogP contribution in [0.15, 0.2) is 72.3 Å². The Labute approximate surface area is 201 Å². The molecule has 0 aromatic heterocycles. The number of halogens is 2. The molecule has 0 fully saturated rings. The highest BCUT2D eigenvalue weighted by molar-refractivity contribution is 6.32. The lowest BCUT2D eigenvalue weighted by atomic mass is 10.1. The number of rotatable bonds is 8. The van der Waals surface area contributed by atoms with Gasteiger partial charge in [0.05, 0.1) is 17.2 Å². The number of carbonyl (C=O) groups is 2.